The molecule has 0 unspecified atom stereocenters. The second-order valence-electron chi connectivity index (χ2n) is 4.32. The van der Waals surface area contributed by atoms with Gasteiger partial charge in [-0.2, -0.15) is 5.10 Å². The lowest BCUT2D eigenvalue weighted by molar-refractivity contribution is 0.493. The van der Waals surface area contributed by atoms with Crippen LogP contribution in [-0.2, 0) is 16.6 Å². The van der Waals surface area contributed by atoms with Gasteiger partial charge < -0.3 is 10.2 Å². The molecule has 0 aliphatic carbocycles. The summed E-state index contributed by atoms with van der Waals surface area (Å²) in [5, 5.41) is 4.23. The summed E-state index contributed by atoms with van der Waals surface area (Å²) in [6.07, 6.45) is 1.37. The SMILES string of the molecule is NC(=S)N/N=C\c1ccc(CNS(=O)(=O)c2ccc(Cl)cc2)o1. The van der Waals surface area contributed by atoms with Crippen LogP contribution in [0.15, 0.2) is 50.8 Å². The molecule has 4 N–H and O–H groups in total. The summed E-state index contributed by atoms with van der Waals surface area (Å²) in [6, 6.07) is 9.13. The Morgan fingerprint density at radius 1 is 1.30 bits per heavy atom. The van der Waals surface area contributed by atoms with Crippen LogP contribution < -0.4 is 15.9 Å². The number of nitrogens with one attached hydrogen (secondary N) is 2. The third kappa shape index (κ3) is 5.32. The number of nitrogens with zero attached hydrogens (tertiary/aromatic N) is 1. The average molecular weight is 373 g/mol. The molecule has 0 saturated heterocycles. The molecule has 7 nitrogen and oxygen atoms in total. The number of benzene rings is 1. The van der Waals surface area contributed by atoms with Crippen molar-refractivity contribution in [2.75, 3.05) is 0 Å². The van der Waals surface area contributed by atoms with E-state index >= 15 is 0 Å². The molecule has 0 atom stereocenters. The van der Waals surface area contributed by atoms with E-state index in [1.54, 1.807) is 12.1 Å². The highest BCUT2D eigenvalue weighted by Crippen LogP contribution is 2.14. The van der Waals surface area contributed by atoms with Gasteiger partial charge in [-0.05, 0) is 48.6 Å². The van der Waals surface area contributed by atoms with E-state index < -0.39 is 10.0 Å². The number of hydrazone groups is 1. The highest BCUT2D eigenvalue weighted by Gasteiger charge is 2.14. The zero-order chi connectivity index (χ0) is 16.9. The van der Waals surface area contributed by atoms with Gasteiger partial charge in [0, 0.05) is 5.02 Å². The van der Waals surface area contributed by atoms with E-state index in [1.807, 2.05) is 0 Å². The van der Waals surface area contributed by atoms with Crippen LogP contribution in [0.25, 0.3) is 0 Å². The van der Waals surface area contributed by atoms with E-state index in [9.17, 15) is 8.42 Å². The Bertz CT molecular complexity index is 816. The van der Waals surface area contributed by atoms with Gasteiger partial charge in [-0.25, -0.2) is 13.1 Å². The third-order valence-corrected chi connectivity index (χ3v) is 4.37. The monoisotopic (exact) mass is 372 g/mol. The summed E-state index contributed by atoms with van der Waals surface area (Å²) in [7, 11) is -3.64. The van der Waals surface area contributed by atoms with Crippen molar-refractivity contribution in [1.82, 2.24) is 10.1 Å². The van der Waals surface area contributed by atoms with Crippen LogP contribution in [0.3, 0.4) is 0 Å². The van der Waals surface area contributed by atoms with Crippen molar-refractivity contribution in [2.24, 2.45) is 10.8 Å². The lowest BCUT2D eigenvalue weighted by atomic mass is 10.4. The standard InChI is InChI=1S/C13H13ClN4O3S2/c14-9-1-5-12(6-2-9)23(19,20)17-8-11-4-3-10(21-11)7-16-18-13(15)22/h1-7,17H,8H2,(H3,15,18,22)/b16-7-. The van der Waals surface area contributed by atoms with Gasteiger partial charge in [0.1, 0.15) is 11.5 Å². The van der Waals surface area contributed by atoms with Gasteiger partial charge in [-0.15, -0.1) is 0 Å². The minimum atomic E-state index is -3.64. The van der Waals surface area contributed by atoms with Crippen LogP contribution in [0.5, 0.6) is 0 Å². The second-order valence-corrected chi connectivity index (χ2v) is 6.96. The number of thiocarbonyl (C=S) groups is 1. The Hall–Kier alpha value is -1.94. The highest BCUT2D eigenvalue weighted by molar-refractivity contribution is 7.89. The first-order chi connectivity index (χ1) is 10.9. The molecule has 0 aliphatic heterocycles. The number of nitrogens with two attached hydrogens (primary N) is 1. The van der Waals surface area contributed by atoms with Crippen LogP contribution in [0.4, 0.5) is 0 Å². The van der Waals surface area contributed by atoms with E-state index in [0.717, 1.165) is 0 Å². The summed E-state index contributed by atoms with van der Waals surface area (Å²) in [4.78, 5) is 0.121. The number of rotatable bonds is 6. The fourth-order valence-corrected chi connectivity index (χ4v) is 2.75. The number of sulfonamides is 1. The maximum absolute atomic E-state index is 12.1. The molecule has 1 aromatic heterocycles. The van der Waals surface area contributed by atoms with E-state index in [1.165, 1.54) is 30.5 Å². The van der Waals surface area contributed by atoms with E-state index in [4.69, 9.17) is 21.8 Å². The maximum Gasteiger partial charge on any atom is 0.240 e. The van der Waals surface area contributed by atoms with Crippen LogP contribution in [0, 0.1) is 0 Å². The molecule has 0 radical (unpaired) electrons. The number of hydrogen-bond acceptors (Lipinski definition) is 5. The molecule has 0 saturated carbocycles. The fraction of sp³-hybridized carbons (Fsp3) is 0.0769. The quantitative estimate of drug-likeness (QED) is 0.403. The maximum atomic E-state index is 12.1. The molecule has 10 heteroatoms. The topological polar surface area (TPSA) is 110 Å². The lowest BCUT2D eigenvalue weighted by Crippen LogP contribution is -2.24. The van der Waals surface area contributed by atoms with Gasteiger partial charge in [0.15, 0.2) is 5.11 Å². The van der Waals surface area contributed by atoms with Gasteiger partial charge in [-0.1, -0.05) is 11.6 Å². The molecule has 2 rings (SSSR count). The number of furan rings is 1. The van der Waals surface area contributed by atoms with Gasteiger partial charge in [0.2, 0.25) is 10.0 Å². The summed E-state index contributed by atoms with van der Waals surface area (Å²) >= 11 is 10.3. The fourth-order valence-electron chi connectivity index (χ4n) is 1.58. The molecule has 0 aliphatic rings. The van der Waals surface area contributed by atoms with Crippen molar-refractivity contribution in [2.45, 2.75) is 11.4 Å². The molecule has 0 amide bonds. The normalized spacial score (nSPS) is 11.7. The molecule has 23 heavy (non-hydrogen) atoms. The summed E-state index contributed by atoms with van der Waals surface area (Å²) < 4.78 is 32.0. The van der Waals surface area contributed by atoms with E-state index in [2.05, 4.69) is 27.5 Å². The van der Waals surface area contributed by atoms with Crippen molar-refractivity contribution in [1.29, 1.82) is 0 Å². The summed E-state index contributed by atoms with van der Waals surface area (Å²) in [6.45, 7) is 0.00152. The Kier molecular flexibility index (Phi) is 5.72. The Morgan fingerprint density at radius 2 is 2.00 bits per heavy atom. The van der Waals surface area contributed by atoms with Crippen molar-refractivity contribution in [3.8, 4) is 0 Å². The van der Waals surface area contributed by atoms with Gasteiger partial charge in [0.05, 0.1) is 17.7 Å². The largest absolute Gasteiger partial charge is 0.459 e. The average Bonchev–Trinajstić information content (AvgIpc) is 2.93. The van der Waals surface area contributed by atoms with Crippen molar-refractivity contribution < 1.29 is 12.8 Å². The van der Waals surface area contributed by atoms with Crippen LogP contribution in [0.1, 0.15) is 11.5 Å². The third-order valence-electron chi connectivity index (χ3n) is 2.61. The molecule has 1 heterocycles. The van der Waals surface area contributed by atoms with Crippen molar-refractivity contribution in [3.05, 3.63) is 52.9 Å². The Morgan fingerprint density at radius 3 is 2.65 bits per heavy atom. The molecule has 122 valence electrons. The number of halogens is 1. The molecule has 0 fully saturated rings. The van der Waals surface area contributed by atoms with Crippen LogP contribution in [0.2, 0.25) is 5.02 Å². The highest BCUT2D eigenvalue weighted by atomic mass is 35.5. The van der Waals surface area contributed by atoms with Crippen LogP contribution in [-0.4, -0.2) is 19.7 Å². The zero-order valence-electron chi connectivity index (χ0n) is 11.7. The van der Waals surface area contributed by atoms with Crippen molar-refractivity contribution in [3.63, 3.8) is 0 Å². The smallest absolute Gasteiger partial charge is 0.240 e. The van der Waals surface area contributed by atoms with Gasteiger partial charge in [0.25, 0.3) is 0 Å². The van der Waals surface area contributed by atoms with Crippen LogP contribution >= 0.6 is 23.8 Å². The molecular formula is C13H13ClN4O3S2. The Balaban J connectivity index is 1.98. The first-order valence-electron chi connectivity index (χ1n) is 6.29. The molecular weight excluding hydrogens is 360 g/mol. The molecule has 1 aromatic carbocycles. The first kappa shape index (κ1) is 17.4. The molecule has 0 bridgehead atoms. The van der Waals surface area contributed by atoms with Gasteiger partial charge in [-0.3, -0.25) is 5.43 Å². The predicted molar refractivity (Wildman–Crippen MR) is 91.7 cm³/mol. The van der Waals surface area contributed by atoms with E-state index in [0.29, 0.717) is 16.5 Å². The van der Waals surface area contributed by atoms with Gasteiger partial charge >= 0.3 is 0 Å². The van der Waals surface area contributed by atoms with Crippen molar-refractivity contribution >= 4 is 45.2 Å². The predicted octanol–water partition coefficient (Wildman–Crippen LogP) is 1.58. The summed E-state index contributed by atoms with van der Waals surface area (Å²) in [5.41, 5.74) is 7.59. The second kappa shape index (κ2) is 7.55. The Labute approximate surface area is 143 Å². The minimum Gasteiger partial charge on any atom is -0.459 e. The first-order valence-corrected chi connectivity index (χ1v) is 8.56. The van der Waals surface area contributed by atoms with E-state index in [-0.39, 0.29) is 16.6 Å². The number of hydrogen-bond donors (Lipinski definition) is 3. The molecule has 2 aromatic rings. The minimum absolute atomic E-state index is 0.00152. The zero-order valence-corrected chi connectivity index (χ0v) is 14.1. The summed E-state index contributed by atoms with van der Waals surface area (Å²) in [5.74, 6) is 0.855. The molecule has 0 spiro atoms. The lowest BCUT2D eigenvalue weighted by Gasteiger charge is -2.05.